The molecule has 0 bridgehead atoms. The van der Waals surface area contributed by atoms with Crippen LogP contribution in [0.3, 0.4) is 0 Å². The van der Waals surface area contributed by atoms with Crippen LogP contribution in [0.15, 0.2) is 24.3 Å². The smallest absolute Gasteiger partial charge is 0.309 e. The Hall–Kier alpha value is -1.45. The Bertz CT molecular complexity index is 436. The van der Waals surface area contributed by atoms with Crippen molar-refractivity contribution in [3.05, 3.63) is 35.4 Å². The van der Waals surface area contributed by atoms with E-state index in [2.05, 4.69) is 0 Å². The van der Waals surface area contributed by atoms with Gasteiger partial charge in [0, 0.05) is 12.0 Å². The number of aliphatic carboxylic acids is 1. The third kappa shape index (κ3) is 4.01. The molecular formula is C15H20F2O2. The molecule has 4 heteroatoms. The summed E-state index contributed by atoms with van der Waals surface area (Å²) in [6.07, 6.45) is 1.11. The molecule has 19 heavy (non-hydrogen) atoms. The standard InChI is InChI=1S/C15H20F2O2/c1-4-5-11-6-8-12(9-7-11)15(16,17)10-14(2,3)13(18)19/h6-9H,4-5,10H2,1-3H3,(H,18,19). The van der Waals surface area contributed by atoms with Gasteiger partial charge in [-0.1, -0.05) is 37.6 Å². The molecule has 0 unspecified atom stereocenters. The van der Waals surface area contributed by atoms with Crippen LogP contribution in [0.25, 0.3) is 0 Å². The maximum atomic E-state index is 14.1. The van der Waals surface area contributed by atoms with Crippen LogP contribution in [0.4, 0.5) is 8.78 Å². The lowest BCUT2D eigenvalue weighted by Gasteiger charge is -2.26. The first kappa shape index (κ1) is 15.6. The van der Waals surface area contributed by atoms with Crippen molar-refractivity contribution in [2.75, 3.05) is 0 Å². The molecule has 1 rings (SSSR count). The number of benzene rings is 1. The second-order valence-electron chi connectivity index (χ2n) is 5.52. The van der Waals surface area contributed by atoms with Crippen molar-refractivity contribution >= 4 is 5.97 Å². The van der Waals surface area contributed by atoms with E-state index in [4.69, 9.17) is 5.11 Å². The lowest BCUT2D eigenvalue weighted by Crippen LogP contribution is -2.31. The van der Waals surface area contributed by atoms with E-state index >= 15 is 0 Å². The van der Waals surface area contributed by atoms with Gasteiger partial charge in [0.15, 0.2) is 0 Å². The maximum absolute atomic E-state index is 14.1. The van der Waals surface area contributed by atoms with Gasteiger partial charge in [0.1, 0.15) is 0 Å². The second-order valence-corrected chi connectivity index (χ2v) is 5.52. The summed E-state index contributed by atoms with van der Waals surface area (Å²) in [6, 6.07) is 6.15. The molecular weight excluding hydrogens is 250 g/mol. The Morgan fingerprint density at radius 3 is 2.16 bits per heavy atom. The van der Waals surface area contributed by atoms with Crippen molar-refractivity contribution in [1.29, 1.82) is 0 Å². The van der Waals surface area contributed by atoms with Gasteiger partial charge in [-0.25, -0.2) is 8.78 Å². The molecule has 0 aliphatic rings. The molecule has 1 N–H and O–H groups in total. The Morgan fingerprint density at radius 1 is 1.21 bits per heavy atom. The monoisotopic (exact) mass is 270 g/mol. The van der Waals surface area contributed by atoms with E-state index in [1.54, 1.807) is 12.1 Å². The zero-order valence-electron chi connectivity index (χ0n) is 11.5. The molecule has 0 aliphatic heterocycles. The van der Waals surface area contributed by atoms with Gasteiger partial charge in [0.25, 0.3) is 5.92 Å². The van der Waals surface area contributed by atoms with Gasteiger partial charge in [0.2, 0.25) is 0 Å². The zero-order chi connectivity index (χ0) is 14.7. The van der Waals surface area contributed by atoms with E-state index in [1.165, 1.54) is 26.0 Å². The van der Waals surface area contributed by atoms with Crippen molar-refractivity contribution in [3.63, 3.8) is 0 Å². The number of carboxylic acid groups (broad SMARTS) is 1. The highest BCUT2D eigenvalue weighted by molar-refractivity contribution is 5.73. The third-order valence-electron chi connectivity index (χ3n) is 3.16. The van der Waals surface area contributed by atoms with Crippen LogP contribution in [0.2, 0.25) is 0 Å². The fourth-order valence-corrected chi connectivity index (χ4v) is 1.94. The van der Waals surface area contributed by atoms with Crippen molar-refractivity contribution in [2.45, 2.75) is 46.0 Å². The van der Waals surface area contributed by atoms with E-state index in [0.717, 1.165) is 18.4 Å². The van der Waals surface area contributed by atoms with Gasteiger partial charge >= 0.3 is 5.97 Å². The van der Waals surface area contributed by atoms with Crippen molar-refractivity contribution in [1.82, 2.24) is 0 Å². The van der Waals surface area contributed by atoms with E-state index in [9.17, 15) is 13.6 Å². The summed E-state index contributed by atoms with van der Waals surface area (Å²) >= 11 is 0. The molecule has 0 atom stereocenters. The molecule has 0 aliphatic carbocycles. The highest BCUT2D eigenvalue weighted by atomic mass is 19.3. The second kappa shape index (κ2) is 5.68. The first-order valence-corrected chi connectivity index (χ1v) is 6.39. The van der Waals surface area contributed by atoms with Gasteiger partial charge in [-0.3, -0.25) is 4.79 Å². The largest absolute Gasteiger partial charge is 0.481 e. The fraction of sp³-hybridized carbons (Fsp3) is 0.533. The van der Waals surface area contributed by atoms with Crippen LogP contribution >= 0.6 is 0 Å². The summed E-state index contributed by atoms with van der Waals surface area (Å²) in [6.45, 7) is 4.65. The molecule has 0 aromatic heterocycles. The molecule has 106 valence electrons. The number of alkyl halides is 2. The molecule has 0 heterocycles. The van der Waals surface area contributed by atoms with E-state index in [0.29, 0.717) is 0 Å². The SMILES string of the molecule is CCCc1ccc(C(F)(F)CC(C)(C)C(=O)O)cc1. The summed E-state index contributed by atoms with van der Waals surface area (Å²) < 4.78 is 28.1. The minimum Gasteiger partial charge on any atom is -0.481 e. The van der Waals surface area contributed by atoms with Crippen molar-refractivity contribution in [2.24, 2.45) is 5.41 Å². The number of hydrogen-bond donors (Lipinski definition) is 1. The number of hydrogen-bond acceptors (Lipinski definition) is 1. The molecule has 0 fully saturated rings. The highest BCUT2D eigenvalue weighted by Gasteiger charge is 2.42. The van der Waals surface area contributed by atoms with Gasteiger partial charge in [-0.15, -0.1) is 0 Å². The Balaban J connectivity index is 2.90. The molecule has 0 spiro atoms. The lowest BCUT2D eigenvalue weighted by molar-refractivity contribution is -0.153. The summed E-state index contributed by atoms with van der Waals surface area (Å²) in [5.74, 6) is -4.35. The fourth-order valence-electron chi connectivity index (χ4n) is 1.94. The van der Waals surface area contributed by atoms with E-state index < -0.39 is 23.7 Å². The Kier molecular flexibility index (Phi) is 4.66. The third-order valence-corrected chi connectivity index (χ3v) is 3.16. The van der Waals surface area contributed by atoms with Crippen LogP contribution in [-0.2, 0) is 17.1 Å². The molecule has 0 saturated heterocycles. The topological polar surface area (TPSA) is 37.3 Å². The van der Waals surface area contributed by atoms with E-state index in [1.807, 2.05) is 6.92 Å². The number of carboxylic acids is 1. The summed E-state index contributed by atoms with van der Waals surface area (Å²) in [7, 11) is 0. The lowest BCUT2D eigenvalue weighted by atomic mass is 9.84. The van der Waals surface area contributed by atoms with Gasteiger partial charge < -0.3 is 5.11 Å². The van der Waals surface area contributed by atoms with Crippen LogP contribution in [0.1, 0.15) is 44.7 Å². The van der Waals surface area contributed by atoms with Crippen molar-refractivity contribution < 1.29 is 18.7 Å². The van der Waals surface area contributed by atoms with Gasteiger partial charge in [-0.05, 0) is 25.8 Å². The average molecular weight is 270 g/mol. The van der Waals surface area contributed by atoms with E-state index in [-0.39, 0.29) is 5.56 Å². The van der Waals surface area contributed by atoms with Crippen LogP contribution in [0, 0.1) is 5.41 Å². The summed E-state index contributed by atoms with van der Waals surface area (Å²) in [5.41, 5.74) is -0.563. The Labute approximate surface area is 112 Å². The van der Waals surface area contributed by atoms with Gasteiger partial charge in [-0.2, -0.15) is 0 Å². The maximum Gasteiger partial charge on any atom is 0.309 e. The highest BCUT2D eigenvalue weighted by Crippen LogP contribution is 2.39. The van der Waals surface area contributed by atoms with Crippen LogP contribution in [0.5, 0.6) is 0 Å². The van der Waals surface area contributed by atoms with Crippen molar-refractivity contribution in [3.8, 4) is 0 Å². The minimum atomic E-state index is -3.13. The number of aryl methyl sites for hydroxylation is 1. The number of halogens is 2. The molecule has 1 aromatic carbocycles. The normalized spacial score (nSPS) is 12.5. The number of carbonyl (C=O) groups is 1. The van der Waals surface area contributed by atoms with Crippen LogP contribution in [-0.4, -0.2) is 11.1 Å². The predicted molar refractivity (Wildman–Crippen MR) is 70.4 cm³/mol. The molecule has 0 saturated carbocycles. The zero-order valence-corrected chi connectivity index (χ0v) is 11.5. The predicted octanol–water partition coefficient (Wildman–Crippen LogP) is 4.23. The summed E-state index contributed by atoms with van der Waals surface area (Å²) in [4.78, 5) is 10.9. The van der Waals surface area contributed by atoms with Gasteiger partial charge in [0.05, 0.1) is 5.41 Å². The molecule has 2 nitrogen and oxygen atoms in total. The molecule has 0 radical (unpaired) electrons. The first-order chi connectivity index (χ1) is 8.69. The first-order valence-electron chi connectivity index (χ1n) is 6.39. The summed E-state index contributed by atoms with van der Waals surface area (Å²) in [5, 5.41) is 8.93. The molecule has 1 aromatic rings. The quantitative estimate of drug-likeness (QED) is 0.839. The number of rotatable bonds is 6. The average Bonchev–Trinajstić information content (AvgIpc) is 2.28. The Morgan fingerprint density at radius 2 is 1.74 bits per heavy atom. The van der Waals surface area contributed by atoms with Crippen LogP contribution < -0.4 is 0 Å². The molecule has 0 amide bonds. The minimum absolute atomic E-state index is 0.123.